The zero-order chi connectivity index (χ0) is 22.4. The summed E-state index contributed by atoms with van der Waals surface area (Å²) in [6.45, 7) is 4.49. The number of ether oxygens (including phenoxy) is 1. The van der Waals surface area contributed by atoms with Crippen LogP contribution in [0.1, 0.15) is 29.3 Å². The standard InChI is InChI=1S/C24H26N2O4S/c1-4-15-30-23-16-18(2)13-14-22(23)25-24(27)19-9-8-12-21(17-19)31(28,29)26(3)20-10-6-5-7-11-20/h5-14,16-17H,4,15H2,1-3H3,(H,25,27). The molecule has 0 bridgehead atoms. The Bertz CT molecular complexity index is 1160. The first-order valence-corrected chi connectivity index (χ1v) is 11.5. The third kappa shape index (κ3) is 5.24. The molecule has 0 saturated heterocycles. The molecule has 0 aliphatic heterocycles. The summed E-state index contributed by atoms with van der Waals surface area (Å²) in [6, 6.07) is 20.3. The van der Waals surface area contributed by atoms with E-state index in [0.29, 0.717) is 23.7 Å². The average Bonchev–Trinajstić information content (AvgIpc) is 2.79. The molecule has 1 amide bonds. The minimum Gasteiger partial charge on any atom is -0.491 e. The third-order valence-electron chi connectivity index (χ3n) is 4.72. The van der Waals surface area contributed by atoms with Crippen molar-refractivity contribution >= 4 is 27.3 Å². The number of rotatable bonds is 8. The largest absolute Gasteiger partial charge is 0.491 e. The molecule has 0 fully saturated rings. The van der Waals surface area contributed by atoms with E-state index < -0.39 is 15.9 Å². The van der Waals surface area contributed by atoms with E-state index in [1.165, 1.54) is 23.5 Å². The van der Waals surface area contributed by atoms with Crippen LogP contribution in [-0.4, -0.2) is 28.0 Å². The molecule has 0 aliphatic carbocycles. The molecule has 0 saturated carbocycles. The first-order chi connectivity index (χ1) is 14.8. The van der Waals surface area contributed by atoms with Gasteiger partial charge in [-0.1, -0.05) is 37.3 Å². The van der Waals surface area contributed by atoms with Crippen molar-refractivity contribution in [2.45, 2.75) is 25.2 Å². The van der Waals surface area contributed by atoms with Crippen molar-refractivity contribution in [1.82, 2.24) is 0 Å². The first kappa shape index (κ1) is 22.4. The summed E-state index contributed by atoms with van der Waals surface area (Å²) in [5.74, 6) is 0.174. The van der Waals surface area contributed by atoms with Crippen LogP contribution in [0.4, 0.5) is 11.4 Å². The molecule has 0 aliphatic rings. The van der Waals surface area contributed by atoms with Gasteiger partial charge in [0.25, 0.3) is 15.9 Å². The van der Waals surface area contributed by atoms with E-state index in [1.54, 1.807) is 42.5 Å². The van der Waals surface area contributed by atoms with Crippen molar-refractivity contribution < 1.29 is 17.9 Å². The molecule has 162 valence electrons. The average molecular weight is 439 g/mol. The molecule has 1 N–H and O–H groups in total. The predicted molar refractivity (Wildman–Crippen MR) is 123 cm³/mol. The van der Waals surface area contributed by atoms with Gasteiger partial charge in [0.15, 0.2) is 0 Å². The Hall–Kier alpha value is -3.32. The number of aryl methyl sites for hydroxylation is 1. The van der Waals surface area contributed by atoms with E-state index in [9.17, 15) is 13.2 Å². The summed E-state index contributed by atoms with van der Waals surface area (Å²) in [6.07, 6.45) is 0.843. The van der Waals surface area contributed by atoms with Crippen molar-refractivity contribution in [1.29, 1.82) is 0 Å². The molecular weight excluding hydrogens is 412 g/mol. The zero-order valence-electron chi connectivity index (χ0n) is 17.8. The Kier molecular flexibility index (Phi) is 6.97. The van der Waals surface area contributed by atoms with E-state index in [1.807, 2.05) is 32.0 Å². The highest BCUT2D eigenvalue weighted by Crippen LogP contribution is 2.27. The lowest BCUT2D eigenvalue weighted by Gasteiger charge is -2.20. The van der Waals surface area contributed by atoms with Gasteiger partial charge in [0, 0.05) is 12.6 Å². The smallest absolute Gasteiger partial charge is 0.264 e. The molecule has 6 nitrogen and oxygen atoms in total. The number of sulfonamides is 1. The zero-order valence-corrected chi connectivity index (χ0v) is 18.6. The number of carbonyl (C=O) groups excluding carboxylic acids is 1. The monoisotopic (exact) mass is 438 g/mol. The Morgan fingerprint density at radius 3 is 2.45 bits per heavy atom. The molecule has 0 unspecified atom stereocenters. The van der Waals surface area contributed by atoms with Crippen molar-refractivity contribution in [3.63, 3.8) is 0 Å². The summed E-state index contributed by atoms with van der Waals surface area (Å²) >= 11 is 0. The van der Waals surface area contributed by atoms with Crippen LogP contribution >= 0.6 is 0 Å². The normalized spacial score (nSPS) is 11.1. The van der Waals surface area contributed by atoms with Gasteiger partial charge < -0.3 is 10.1 Å². The first-order valence-electron chi connectivity index (χ1n) is 10.0. The summed E-state index contributed by atoms with van der Waals surface area (Å²) in [7, 11) is -2.33. The minimum absolute atomic E-state index is 0.0397. The van der Waals surface area contributed by atoms with Crippen molar-refractivity contribution in [2.75, 3.05) is 23.3 Å². The molecule has 0 heterocycles. The number of nitrogens with zero attached hydrogens (tertiary/aromatic N) is 1. The van der Waals surface area contributed by atoms with Crippen molar-refractivity contribution in [2.24, 2.45) is 0 Å². The fourth-order valence-corrected chi connectivity index (χ4v) is 4.23. The number of nitrogens with one attached hydrogen (secondary N) is 1. The molecule has 7 heteroatoms. The highest BCUT2D eigenvalue weighted by atomic mass is 32.2. The number of carbonyl (C=O) groups is 1. The predicted octanol–water partition coefficient (Wildman–Crippen LogP) is 4.86. The third-order valence-corrected chi connectivity index (χ3v) is 6.50. The highest BCUT2D eigenvalue weighted by molar-refractivity contribution is 7.92. The summed E-state index contributed by atoms with van der Waals surface area (Å²) in [4.78, 5) is 12.9. The van der Waals surface area contributed by atoms with E-state index in [2.05, 4.69) is 5.32 Å². The van der Waals surface area contributed by atoms with Gasteiger partial charge in [-0.05, 0) is 61.4 Å². The molecule has 3 aromatic carbocycles. The number of benzene rings is 3. The number of para-hydroxylation sites is 1. The van der Waals surface area contributed by atoms with Gasteiger partial charge in [-0.2, -0.15) is 0 Å². The van der Waals surface area contributed by atoms with Crippen molar-refractivity contribution in [3.05, 3.63) is 83.9 Å². The number of anilines is 2. The van der Waals surface area contributed by atoms with Gasteiger partial charge in [-0.25, -0.2) is 8.42 Å². The van der Waals surface area contributed by atoms with Crippen LogP contribution in [0.5, 0.6) is 5.75 Å². The van der Waals surface area contributed by atoms with Gasteiger partial charge in [-0.15, -0.1) is 0 Å². The Balaban J connectivity index is 1.86. The molecule has 31 heavy (non-hydrogen) atoms. The van der Waals surface area contributed by atoms with Crippen LogP contribution in [0.2, 0.25) is 0 Å². The molecule has 0 atom stereocenters. The van der Waals surface area contributed by atoms with E-state index in [4.69, 9.17) is 4.74 Å². The Morgan fingerprint density at radius 2 is 1.74 bits per heavy atom. The number of hydrogen-bond acceptors (Lipinski definition) is 4. The second kappa shape index (κ2) is 9.66. The lowest BCUT2D eigenvalue weighted by molar-refractivity contribution is 0.102. The quantitative estimate of drug-likeness (QED) is 0.545. The van der Waals surface area contributed by atoms with Crippen LogP contribution in [0.15, 0.2) is 77.7 Å². The summed E-state index contributed by atoms with van der Waals surface area (Å²) < 4.78 is 33.0. The Morgan fingerprint density at radius 1 is 1.00 bits per heavy atom. The van der Waals surface area contributed by atoms with Crippen molar-refractivity contribution in [3.8, 4) is 5.75 Å². The second-order valence-electron chi connectivity index (χ2n) is 7.14. The van der Waals surface area contributed by atoms with Crippen LogP contribution in [-0.2, 0) is 10.0 Å². The molecule has 0 aromatic heterocycles. The van der Waals surface area contributed by atoms with E-state index in [-0.39, 0.29) is 10.5 Å². The van der Waals surface area contributed by atoms with Gasteiger partial charge >= 0.3 is 0 Å². The fraction of sp³-hybridized carbons (Fsp3) is 0.208. The maximum atomic E-state index is 13.0. The molecule has 0 spiro atoms. The Labute approximate surface area is 183 Å². The lowest BCUT2D eigenvalue weighted by atomic mass is 10.2. The minimum atomic E-state index is -3.82. The number of amides is 1. The molecule has 0 radical (unpaired) electrons. The molecular formula is C24H26N2O4S. The van der Waals surface area contributed by atoms with Gasteiger partial charge in [0.1, 0.15) is 5.75 Å². The highest BCUT2D eigenvalue weighted by Gasteiger charge is 2.22. The topological polar surface area (TPSA) is 75.7 Å². The van der Waals surface area contributed by atoms with Crippen LogP contribution in [0.3, 0.4) is 0 Å². The van der Waals surface area contributed by atoms with Gasteiger partial charge in [-0.3, -0.25) is 9.10 Å². The van der Waals surface area contributed by atoms with Gasteiger partial charge in [0.05, 0.1) is 22.9 Å². The second-order valence-corrected chi connectivity index (χ2v) is 9.11. The van der Waals surface area contributed by atoms with Gasteiger partial charge in [0.2, 0.25) is 0 Å². The lowest BCUT2D eigenvalue weighted by Crippen LogP contribution is -2.26. The van der Waals surface area contributed by atoms with E-state index >= 15 is 0 Å². The SMILES string of the molecule is CCCOc1cc(C)ccc1NC(=O)c1cccc(S(=O)(=O)N(C)c2ccccc2)c1. The van der Waals surface area contributed by atoms with Crippen LogP contribution < -0.4 is 14.4 Å². The maximum absolute atomic E-state index is 13.0. The molecule has 3 aromatic rings. The van der Waals surface area contributed by atoms with Crippen LogP contribution in [0, 0.1) is 6.92 Å². The molecule has 3 rings (SSSR count). The summed E-state index contributed by atoms with van der Waals surface area (Å²) in [5.41, 5.74) is 2.33. The number of hydrogen-bond donors (Lipinski definition) is 1. The van der Waals surface area contributed by atoms with E-state index in [0.717, 1.165) is 12.0 Å². The van der Waals surface area contributed by atoms with Crippen LogP contribution in [0.25, 0.3) is 0 Å². The fourth-order valence-electron chi connectivity index (χ4n) is 2.99. The maximum Gasteiger partial charge on any atom is 0.264 e. The summed E-state index contributed by atoms with van der Waals surface area (Å²) in [5, 5.41) is 2.83.